The second-order valence-corrected chi connectivity index (χ2v) is 5.35. The number of nitrogens with zero attached hydrogens (tertiary/aromatic N) is 3. The van der Waals surface area contributed by atoms with E-state index in [4.69, 9.17) is 5.11 Å². The fourth-order valence-corrected chi connectivity index (χ4v) is 2.23. The molecule has 0 radical (unpaired) electrons. The Morgan fingerprint density at radius 1 is 1.55 bits per heavy atom. The van der Waals surface area contributed by atoms with Gasteiger partial charge in [0.15, 0.2) is 0 Å². The van der Waals surface area contributed by atoms with E-state index in [1.54, 1.807) is 19.3 Å². The highest BCUT2D eigenvalue weighted by atomic mass is 16.4. The van der Waals surface area contributed by atoms with Gasteiger partial charge in [-0.05, 0) is 32.7 Å². The van der Waals surface area contributed by atoms with Crippen LogP contribution in [-0.4, -0.2) is 51.8 Å². The number of anilines is 1. The van der Waals surface area contributed by atoms with Crippen LogP contribution in [0.25, 0.3) is 0 Å². The van der Waals surface area contributed by atoms with Crippen molar-refractivity contribution in [1.82, 2.24) is 14.7 Å². The van der Waals surface area contributed by atoms with Gasteiger partial charge in [0.05, 0.1) is 25.3 Å². The summed E-state index contributed by atoms with van der Waals surface area (Å²) < 4.78 is 1.83. The Morgan fingerprint density at radius 2 is 2.25 bits per heavy atom. The topological polar surface area (TPSA) is 87.5 Å². The van der Waals surface area contributed by atoms with E-state index in [1.807, 2.05) is 4.68 Å². The van der Waals surface area contributed by atoms with Gasteiger partial charge in [0, 0.05) is 6.07 Å². The van der Waals surface area contributed by atoms with Gasteiger partial charge < -0.3 is 10.4 Å². The average molecular weight is 280 g/mol. The molecule has 1 fully saturated rings. The Kier molecular flexibility index (Phi) is 4.39. The molecule has 1 saturated carbocycles. The number of carbonyl (C=O) groups is 2. The molecule has 1 aromatic heterocycles. The second-order valence-electron chi connectivity index (χ2n) is 5.35. The van der Waals surface area contributed by atoms with E-state index < -0.39 is 5.97 Å². The van der Waals surface area contributed by atoms with E-state index in [9.17, 15) is 9.59 Å². The van der Waals surface area contributed by atoms with Crippen LogP contribution in [0.1, 0.15) is 25.8 Å². The summed E-state index contributed by atoms with van der Waals surface area (Å²) in [6.45, 7) is 1.97. The van der Waals surface area contributed by atoms with E-state index in [0.29, 0.717) is 11.7 Å². The van der Waals surface area contributed by atoms with Gasteiger partial charge in [0.1, 0.15) is 5.82 Å². The molecule has 1 amide bonds. The standard InChI is InChI=1S/C13H20N4O3/c1-9(10-3-4-10)17-11(5-6-14-17)15-12(18)7-16(2)8-13(19)20/h5-6,9-10H,3-4,7-8H2,1-2H3,(H,15,18)(H,19,20). The first kappa shape index (κ1) is 14.5. The van der Waals surface area contributed by atoms with Crippen molar-refractivity contribution in [2.24, 2.45) is 5.92 Å². The minimum Gasteiger partial charge on any atom is -0.480 e. The van der Waals surface area contributed by atoms with E-state index in [-0.39, 0.29) is 25.0 Å². The van der Waals surface area contributed by atoms with Crippen molar-refractivity contribution in [3.63, 3.8) is 0 Å². The Balaban J connectivity index is 1.91. The molecule has 7 nitrogen and oxygen atoms in total. The van der Waals surface area contributed by atoms with Crippen molar-refractivity contribution >= 4 is 17.7 Å². The van der Waals surface area contributed by atoms with Crippen LogP contribution in [0.2, 0.25) is 0 Å². The number of likely N-dealkylation sites (N-methyl/N-ethyl adjacent to an activating group) is 1. The predicted octanol–water partition coefficient (Wildman–Crippen LogP) is 0.809. The fourth-order valence-electron chi connectivity index (χ4n) is 2.23. The first-order valence-electron chi connectivity index (χ1n) is 6.71. The molecule has 1 unspecified atom stereocenters. The molecule has 0 aliphatic heterocycles. The van der Waals surface area contributed by atoms with E-state index in [1.165, 1.54) is 17.7 Å². The number of rotatable bonds is 7. The maximum atomic E-state index is 11.9. The van der Waals surface area contributed by atoms with Crippen molar-refractivity contribution in [2.75, 3.05) is 25.5 Å². The first-order chi connectivity index (χ1) is 9.47. The molecular formula is C13H20N4O3. The fraction of sp³-hybridized carbons (Fsp3) is 0.615. The molecule has 1 aliphatic rings. The summed E-state index contributed by atoms with van der Waals surface area (Å²) >= 11 is 0. The summed E-state index contributed by atoms with van der Waals surface area (Å²) in [6.07, 6.45) is 4.07. The van der Waals surface area contributed by atoms with Gasteiger partial charge in [-0.1, -0.05) is 0 Å². The maximum Gasteiger partial charge on any atom is 0.317 e. The Morgan fingerprint density at radius 3 is 2.85 bits per heavy atom. The van der Waals surface area contributed by atoms with Crippen LogP contribution >= 0.6 is 0 Å². The first-order valence-corrected chi connectivity index (χ1v) is 6.71. The summed E-state index contributed by atoms with van der Waals surface area (Å²) in [6, 6.07) is 2.03. The predicted molar refractivity (Wildman–Crippen MR) is 73.4 cm³/mol. The highest BCUT2D eigenvalue weighted by Crippen LogP contribution is 2.40. The number of amides is 1. The number of hydrogen-bond donors (Lipinski definition) is 2. The number of carboxylic acid groups (broad SMARTS) is 1. The molecule has 1 aliphatic carbocycles. The maximum absolute atomic E-state index is 11.9. The van der Waals surface area contributed by atoms with Gasteiger partial charge in [-0.3, -0.25) is 14.5 Å². The van der Waals surface area contributed by atoms with E-state index in [2.05, 4.69) is 17.3 Å². The van der Waals surface area contributed by atoms with E-state index >= 15 is 0 Å². The summed E-state index contributed by atoms with van der Waals surface area (Å²) in [5, 5.41) is 15.7. The molecular weight excluding hydrogens is 260 g/mol. The van der Waals surface area contributed by atoms with Gasteiger partial charge >= 0.3 is 5.97 Å². The lowest BCUT2D eigenvalue weighted by atomic mass is 10.2. The molecule has 20 heavy (non-hydrogen) atoms. The van der Waals surface area contributed by atoms with Crippen LogP contribution in [0.3, 0.4) is 0 Å². The van der Waals surface area contributed by atoms with Crippen molar-refractivity contribution in [1.29, 1.82) is 0 Å². The quantitative estimate of drug-likeness (QED) is 0.771. The number of hydrogen-bond acceptors (Lipinski definition) is 4. The van der Waals surface area contributed by atoms with Gasteiger partial charge in [-0.15, -0.1) is 0 Å². The largest absolute Gasteiger partial charge is 0.480 e. The Hall–Kier alpha value is -1.89. The molecule has 7 heteroatoms. The lowest BCUT2D eigenvalue weighted by Crippen LogP contribution is -2.34. The van der Waals surface area contributed by atoms with Gasteiger partial charge in [-0.25, -0.2) is 4.68 Å². The van der Waals surface area contributed by atoms with Crippen LogP contribution < -0.4 is 5.32 Å². The summed E-state index contributed by atoms with van der Waals surface area (Å²) in [5.74, 6) is 0.115. The van der Waals surface area contributed by atoms with Crippen molar-refractivity contribution in [3.05, 3.63) is 12.3 Å². The van der Waals surface area contributed by atoms with Crippen LogP contribution in [-0.2, 0) is 9.59 Å². The zero-order chi connectivity index (χ0) is 14.7. The van der Waals surface area contributed by atoms with Gasteiger partial charge in [0.25, 0.3) is 0 Å². The van der Waals surface area contributed by atoms with Crippen LogP contribution in [0.5, 0.6) is 0 Å². The molecule has 1 aromatic rings. The van der Waals surface area contributed by atoms with Crippen molar-refractivity contribution in [3.8, 4) is 0 Å². The molecule has 1 atom stereocenters. The zero-order valence-corrected chi connectivity index (χ0v) is 11.7. The number of carboxylic acids is 1. The molecule has 2 N–H and O–H groups in total. The number of carbonyl (C=O) groups excluding carboxylic acids is 1. The number of aliphatic carboxylic acids is 1. The molecule has 2 rings (SSSR count). The zero-order valence-electron chi connectivity index (χ0n) is 11.7. The van der Waals surface area contributed by atoms with Crippen LogP contribution in [0.4, 0.5) is 5.82 Å². The minimum atomic E-state index is -0.951. The van der Waals surface area contributed by atoms with E-state index in [0.717, 1.165) is 0 Å². The third-order valence-corrected chi connectivity index (χ3v) is 3.45. The Labute approximate surface area is 117 Å². The molecule has 0 bridgehead atoms. The normalized spacial score (nSPS) is 16.1. The number of nitrogens with one attached hydrogen (secondary N) is 1. The van der Waals surface area contributed by atoms with Gasteiger partial charge in [-0.2, -0.15) is 5.10 Å². The number of aromatic nitrogens is 2. The SMILES string of the molecule is CC(C1CC1)n1nccc1NC(=O)CN(C)CC(=O)O. The Bertz CT molecular complexity index is 496. The molecule has 0 spiro atoms. The lowest BCUT2D eigenvalue weighted by molar-refractivity contribution is -0.138. The highest BCUT2D eigenvalue weighted by Gasteiger charge is 2.30. The molecule has 110 valence electrons. The third kappa shape index (κ3) is 3.80. The van der Waals surface area contributed by atoms with Crippen LogP contribution in [0, 0.1) is 5.92 Å². The lowest BCUT2D eigenvalue weighted by Gasteiger charge is -2.17. The molecule has 0 saturated heterocycles. The van der Waals surface area contributed by atoms with Gasteiger partial charge in [0.2, 0.25) is 5.91 Å². The second kappa shape index (κ2) is 6.04. The highest BCUT2D eigenvalue weighted by molar-refractivity contribution is 5.91. The average Bonchev–Trinajstić information content (AvgIpc) is 3.08. The molecule has 0 aromatic carbocycles. The smallest absolute Gasteiger partial charge is 0.317 e. The van der Waals surface area contributed by atoms with Crippen molar-refractivity contribution < 1.29 is 14.7 Å². The molecule has 1 heterocycles. The minimum absolute atomic E-state index is 0.0370. The summed E-state index contributed by atoms with van der Waals surface area (Å²) in [5.41, 5.74) is 0. The van der Waals surface area contributed by atoms with Crippen molar-refractivity contribution in [2.45, 2.75) is 25.8 Å². The monoisotopic (exact) mass is 280 g/mol. The summed E-state index contributed by atoms with van der Waals surface area (Å²) in [4.78, 5) is 23.9. The van der Waals surface area contributed by atoms with Crippen LogP contribution in [0.15, 0.2) is 12.3 Å². The third-order valence-electron chi connectivity index (χ3n) is 3.45. The summed E-state index contributed by atoms with van der Waals surface area (Å²) in [7, 11) is 1.60.